The molecule has 0 fully saturated rings. The Labute approximate surface area is 209 Å². The summed E-state index contributed by atoms with van der Waals surface area (Å²) in [7, 11) is 0. The largest absolute Gasteiger partial charge is 0.463 e. The maximum atomic E-state index is 14.3. The van der Waals surface area contributed by atoms with Crippen LogP contribution >= 0.6 is 11.3 Å². The average molecular weight is 511 g/mol. The van der Waals surface area contributed by atoms with E-state index in [1.807, 2.05) is 0 Å². The molecule has 184 valence electrons. The van der Waals surface area contributed by atoms with Crippen LogP contribution in [-0.2, 0) is 26.9 Å². The Hall–Kier alpha value is -3.91. The van der Waals surface area contributed by atoms with E-state index in [9.17, 15) is 22.8 Å². The number of thiophene rings is 1. The molecule has 0 aliphatic heterocycles. The number of benzene rings is 3. The van der Waals surface area contributed by atoms with Crippen LogP contribution in [-0.4, -0.2) is 18.5 Å². The molecule has 4 rings (SSSR count). The summed E-state index contributed by atoms with van der Waals surface area (Å²) < 4.78 is 53.8. The third-order valence-electron chi connectivity index (χ3n) is 5.57. The van der Waals surface area contributed by atoms with Crippen LogP contribution in [0.15, 0.2) is 79.9 Å². The van der Waals surface area contributed by atoms with Gasteiger partial charge in [-0.3, -0.25) is 0 Å². The number of hydrogen-bond acceptors (Lipinski definition) is 5. The molecule has 8 heteroatoms. The van der Waals surface area contributed by atoms with Gasteiger partial charge in [0.1, 0.15) is 5.75 Å². The van der Waals surface area contributed by atoms with Crippen LogP contribution < -0.4 is 4.74 Å². The monoisotopic (exact) mass is 510 g/mol. The summed E-state index contributed by atoms with van der Waals surface area (Å²) >= 11 is 1.01. The van der Waals surface area contributed by atoms with Gasteiger partial charge in [0.2, 0.25) is 0 Å². The van der Waals surface area contributed by atoms with Crippen molar-refractivity contribution in [2.45, 2.75) is 19.0 Å². The lowest BCUT2D eigenvalue weighted by atomic mass is 9.95. The normalized spacial score (nSPS) is 11.4. The molecule has 0 radical (unpaired) electrons. The number of ether oxygens (including phenoxy) is 2. The molecule has 4 nitrogen and oxygen atoms in total. The first-order chi connectivity index (χ1) is 17.2. The molecule has 0 amide bonds. The van der Waals surface area contributed by atoms with Crippen molar-refractivity contribution in [2.24, 2.45) is 0 Å². The van der Waals surface area contributed by atoms with Gasteiger partial charge in [-0.25, -0.2) is 9.59 Å². The smallest absolute Gasteiger partial charge is 0.418 e. The topological polar surface area (TPSA) is 52.6 Å². The summed E-state index contributed by atoms with van der Waals surface area (Å²) in [6.45, 7) is 6.92. The van der Waals surface area contributed by atoms with E-state index in [0.717, 1.165) is 29.1 Å². The molecule has 0 bridgehead atoms. The lowest BCUT2D eigenvalue weighted by molar-refractivity contribution is -0.138. The molecule has 1 heterocycles. The zero-order valence-electron chi connectivity index (χ0n) is 19.1. The van der Waals surface area contributed by atoms with Crippen LogP contribution in [0.2, 0.25) is 0 Å². The van der Waals surface area contributed by atoms with E-state index in [1.165, 1.54) is 6.07 Å². The van der Waals surface area contributed by atoms with Crippen LogP contribution in [0.4, 0.5) is 13.2 Å². The van der Waals surface area contributed by atoms with Gasteiger partial charge >= 0.3 is 18.1 Å². The van der Waals surface area contributed by atoms with Crippen molar-refractivity contribution in [2.75, 3.05) is 6.61 Å². The number of rotatable bonds is 8. The maximum absolute atomic E-state index is 14.3. The molecule has 1 aromatic heterocycles. The molecular formula is C28H21F3O4S. The number of aryl methyl sites for hydroxylation is 1. The van der Waals surface area contributed by atoms with Crippen molar-refractivity contribution in [1.82, 2.24) is 0 Å². The third kappa shape index (κ3) is 5.33. The molecule has 0 aliphatic rings. The fourth-order valence-corrected chi connectivity index (χ4v) is 5.22. The minimum Gasteiger partial charge on any atom is -0.463 e. The number of carbonyl (C=O) groups excluding carboxylic acids is 2. The lowest BCUT2D eigenvalue weighted by Crippen LogP contribution is -2.07. The highest BCUT2D eigenvalue weighted by molar-refractivity contribution is 7.26. The third-order valence-corrected chi connectivity index (χ3v) is 6.75. The predicted molar refractivity (Wildman–Crippen MR) is 135 cm³/mol. The number of esters is 2. The number of alkyl halides is 3. The first-order valence-electron chi connectivity index (χ1n) is 11.0. The molecule has 36 heavy (non-hydrogen) atoms. The molecule has 0 saturated carbocycles. The standard InChI is InChI=1S/C28H21F3O4S/c1-3-24(32)34-15-5-6-17-7-9-18(10-8-17)20-13-14-22-21-12-11-19(35-25(33)4-2)16-23(21)36-27(22)26(20)28(29,30)31/h3-4,7-14,16H,1-2,5-6,15H2. The average Bonchev–Trinajstić information content (AvgIpc) is 3.23. The Kier molecular flexibility index (Phi) is 7.26. The molecule has 0 aliphatic carbocycles. The van der Waals surface area contributed by atoms with Gasteiger partial charge in [0.25, 0.3) is 0 Å². The SMILES string of the molecule is C=CC(=O)OCCCc1ccc(-c2ccc3c(sc4cc(OC(=O)C=C)ccc43)c2C(F)(F)F)cc1. The molecule has 0 N–H and O–H groups in total. The molecular weight excluding hydrogens is 489 g/mol. The van der Waals surface area contributed by atoms with E-state index in [2.05, 4.69) is 13.2 Å². The van der Waals surface area contributed by atoms with Crippen molar-refractivity contribution in [3.05, 3.63) is 91.0 Å². The fraction of sp³-hybridized carbons (Fsp3) is 0.143. The second kappa shape index (κ2) is 10.4. The van der Waals surface area contributed by atoms with Crippen LogP contribution in [0.25, 0.3) is 31.3 Å². The van der Waals surface area contributed by atoms with Crippen LogP contribution in [0.1, 0.15) is 17.5 Å². The summed E-state index contributed by atoms with van der Waals surface area (Å²) in [5.74, 6) is -0.895. The fourth-order valence-electron chi connectivity index (χ4n) is 3.92. The van der Waals surface area contributed by atoms with Gasteiger partial charge in [-0.2, -0.15) is 13.2 Å². The first kappa shape index (κ1) is 25.2. The maximum Gasteiger partial charge on any atom is 0.418 e. The summed E-state index contributed by atoms with van der Waals surface area (Å²) in [6.07, 6.45) is -1.26. The highest BCUT2D eigenvalue weighted by Crippen LogP contribution is 2.47. The Morgan fingerprint density at radius 2 is 1.61 bits per heavy atom. The molecule has 0 saturated heterocycles. The summed E-state index contributed by atoms with van der Waals surface area (Å²) in [6, 6.07) is 14.8. The Balaban J connectivity index is 1.69. The van der Waals surface area contributed by atoms with Gasteiger partial charge in [0, 0.05) is 32.3 Å². The zero-order chi connectivity index (χ0) is 25.9. The Bertz CT molecular complexity index is 1470. The van der Waals surface area contributed by atoms with Crippen molar-refractivity contribution >= 4 is 43.4 Å². The van der Waals surface area contributed by atoms with Gasteiger partial charge in [-0.15, -0.1) is 11.3 Å². The first-order valence-corrected chi connectivity index (χ1v) is 11.8. The Morgan fingerprint density at radius 3 is 2.28 bits per heavy atom. The minimum atomic E-state index is -4.58. The highest BCUT2D eigenvalue weighted by atomic mass is 32.1. The van der Waals surface area contributed by atoms with Gasteiger partial charge in [-0.05, 0) is 47.7 Å². The Morgan fingerprint density at radius 1 is 0.917 bits per heavy atom. The molecule has 0 atom stereocenters. The van der Waals surface area contributed by atoms with E-state index in [-0.39, 0.29) is 22.6 Å². The zero-order valence-corrected chi connectivity index (χ0v) is 19.9. The number of halogens is 3. The van der Waals surface area contributed by atoms with Gasteiger partial charge < -0.3 is 9.47 Å². The van der Waals surface area contributed by atoms with E-state index >= 15 is 0 Å². The summed E-state index contributed by atoms with van der Waals surface area (Å²) in [4.78, 5) is 22.6. The van der Waals surface area contributed by atoms with E-state index in [0.29, 0.717) is 33.9 Å². The van der Waals surface area contributed by atoms with Crippen LogP contribution in [0, 0.1) is 0 Å². The molecule has 4 aromatic rings. The molecule has 0 unspecified atom stereocenters. The lowest BCUT2D eigenvalue weighted by Gasteiger charge is -2.15. The summed E-state index contributed by atoms with van der Waals surface area (Å²) in [5, 5.41) is 1.14. The second-order valence-corrected chi connectivity index (χ2v) is 8.97. The quantitative estimate of drug-likeness (QED) is 0.107. The predicted octanol–water partition coefficient (Wildman–Crippen LogP) is 7.49. The van der Waals surface area contributed by atoms with Crippen LogP contribution in [0.3, 0.4) is 0 Å². The van der Waals surface area contributed by atoms with Crippen molar-refractivity contribution in [3.63, 3.8) is 0 Å². The highest BCUT2D eigenvalue weighted by Gasteiger charge is 2.37. The van der Waals surface area contributed by atoms with Crippen LogP contribution in [0.5, 0.6) is 5.75 Å². The second-order valence-electron chi connectivity index (χ2n) is 7.92. The molecule has 0 spiro atoms. The van der Waals surface area contributed by atoms with E-state index < -0.39 is 23.7 Å². The summed E-state index contributed by atoms with van der Waals surface area (Å²) in [5.41, 5.74) is 0.761. The number of fused-ring (bicyclic) bond motifs is 3. The van der Waals surface area contributed by atoms with Gasteiger partial charge in [-0.1, -0.05) is 49.6 Å². The van der Waals surface area contributed by atoms with Crippen molar-refractivity contribution in [1.29, 1.82) is 0 Å². The minimum absolute atomic E-state index is 0.0892. The van der Waals surface area contributed by atoms with Crippen molar-refractivity contribution < 1.29 is 32.2 Å². The van der Waals surface area contributed by atoms with Crippen molar-refractivity contribution in [3.8, 4) is 16.9 Å². The molecule has 3 aromatic carbocycles. The number of hydrogen-bond donors (Lipinski definition) is 0. The van der Waals surface area contributed by atoms with E-state index in [4.69, 9.17) is 9.47 Å². The number of carbonyl (C=O) groups is 2. The van der Waals surface area contributed by atoms with Gasteiger partial charge in [0.15, 0.2) is 0 Å². The van der Waals surface area contributed by atoms with E-state index in [1.54, 1.807) is 48.5 Å². The van der Waals surface area contributed by atoms with Gasteiger partial charge in [0.05, 0.1) is 12.2 Å².